The van der Waals surface area contributed by atoms with Gasteiger partial charge in [-0.1, -0.05) is 23.2 Å². The maximum atomic E-state index is 12.5. The van der Waals surface area contributed by atoms with Crippen LogP contribution >= 0.6 is 23.2 Å². The summed E-state index contributed by atoms with van der Waals surface area (Å²) in [4.78, 5) is 16.4. The molecule has 2 N–H and O–H groups in total. The van der Waals surface area contributed by atoms with Gasteiger partial charge in [0.25, 0.3) is 0 Å². The average molecular weight is 326 g/mol. The Hall–Kier alpha value is -1.00. The van der Waals surface area contributed by atoms with Gasteiger partial charge >= 0.3 is 0 Å². The van der Waals surface area contributed by atoms with E-state index in [0.717, 1.165) is 11.8 Å². The quantitative estimate of drug-likeness (QED) is 0.836. The molecule has 0 aliphatic heterocycles. The second-order valence-electron chi connectivity index (χ2n) is 6.61. The molecule has 4 nitrogen and oxygen atoms in total. The van der Waals surface area contributed by atoms with Crippen molar-refractivity contribution in [1.82, 2.24) is 10.4 Å². The predicted molar refractivity (Wildman–Crippen MR) is 81.9 cm³/mol. The van der Waals surface area contributed by atoms with E-state index in [1.807, 2.05) is 0 Å². The monoisotopic (exact) mass is 325 g/mol. The zero-order valence-corrected chi connectivity index (χ0v) is 13.0. The zero-order chi connectivity index (χ0) is 14.6. The summed E-state index contributed by atoms with van der Waals surface area (Å²) in [6.45, 7) is 0. The van der Waals surface area contributed by atoms with Crippen molar-refractivity contribution in [3.05, 3.63) is 22.4 Å². The maximum absolute atomic E-state index is 12.5. The third-order valence-corrected chi connectivity index (χ3v) is 6.10. The number of hydrazine groups is 1. The molecular weight excluding hydrogens is 309 g/mol. The molecule has 21 heavy (non-hydrogen) atoms. The van der Waals surface area contributed by atoms with E-state index >= 15 is 0 Å². The van der Waals surface area contributed by atoms with Crippen LogP contribution in [0.4, 0.5) is 5.69 Å². The number of aromatic nitrogens is 1. The van der Waals surface area contributed by atoms with E-state index in [1.54, 1.807) is 0 Å². The Bertz CT molecular complexity index is 570. The first-order valence-corrected chi connectivity index (χ1v) is 8.24. The second-order valence-corrected chi connectivity index (χ2v) is 7.43. The highest BCUT2D eigenvalue weighted by atomic mass is 35.5. The molecule has 4 aliphatic rings. The van der Waals surface area contributed by atoms with Crippen molar-refractivity contribution in [1.29, 1.82) is 0 Å². The van der Waals surface area contributed by atoms with Gasteiger partial charge in [-0.3, -0.25) is 20.6 Å². The number of halogens is 2. The Morgan fingerprint density at radius 3 is 2.52 bits per heavy atom. The molecule has 5 unspecified atom stereocenters. The Kier molecular flexibility index (Phi) is 3.27. The van der Waals surface area contributed by atoms with Crippen molar-refractivity contribution in [2.75, 3.05) is 5.43 Å². The van der Waals surface area contributed by atoms with Gasteiger partial charge < -0.3 is 0 Å². The standard InChI is InChI=1S/C15H17Cl2N3O/c16-11-5-18-6-12(17)14(11)19-20-15(21)13-9-2-7-1-8(4-9)10(13)3-7/h5-10,13H,1-4H2,(H,18,19)(H,20,21). The molecule has 0 aromatic carbocycles. The van der Waals surface area contributed by atoms with Crippen molar-refractivity contribution < 1.29 is 4.79 Å². The molecule has 1 amide bonds. The van der Waals surface area contributed by atoms with Gasteiger partial charge in [-0.05, 0) is 49.4 Å². The van der Waals surface area contributed by atoms with Crippen molar-refractivity contribution >= 4 is 34.8 Å². The fourth-order valence-corrected chi connectivity index (χ4v) is 5.34. The van der Waals surface area contributed by atoms with Crippen molar-refractivity contribution in [2.45, 2.75) is 25.7 Å². The molecule has 112 valence electrons. The van der Waals surface area contributed by atoms with Crippen LogP contribution in [-0.2, 0) is 4.79 Å². The van der Waals surface area contributed by atoms with Crippen LogP contribution in [0.1, 0.15) is 25.7 Å². The summed E-state index contributed by atoms with van der Waals surface area (Å²) in [6, 6.07) is 0. The summed E-state index contributed by atoms with van der Waals surface area (Å²) in [5.74, 6) is 3.03. The van der Waals surface area contributed by atoms with Gasteiger partial charge in [0.1, 0.15) is 0 Å². The predicted octanol–water partition coefficient (Wildman–Crippen LogP) is 3.51. The highest BCUT2D eigenvalue weighted by molar-refractivity contribution is 6.38. The first kappa shape index (κ1) is 13.6. The number of carbonyl (C=O) groups excluding carboxylic acids is 1. The molecule has 5 rings (SSSR count). The molecule has 1 heterocycles. The van der Waals surface area contributed by atoms with E-state index in [4.69, 9.17) is 23.2 Å². The van der Waals surface area contributed by atoms with Crippen molar-refractivity contribution in [3.8, 4) is 0 Å². The number of carbonyl (C=O) groups is 1. The van der Waals surface area contributed by atoms with E-state index < -0.39 is 0 Å². The second kappa shape index (κ2) is 5.03. The lowest BCUT2D eigenvalue weighted by Crippen LogP contribution is -2.41. The van der Waals surface area contributed by atoms with E-state index in [0.29, 0.717) is 27.6 Å². The van der Waals surface area contributed by atoms with Crippen molar-refractivity contribution in [3.63, 3.8) is 0 Å². The van der Waals surface area contributed by atoms with E-state index in [2.05, 4.69) is 15.8 Å². The highest BCUT2D eigenvalue weighted by Crippen LogP contribution is 2.60. The third kappa shape index (κ3) is 2.20. The molecule has 6 heteroatoms. The van der Waals surface area contributed by atoms with Crippen LogP contribution in [0.2, 0.25) is 10.0 Å². The molecule has 1 aromatic rings. The minimum atomic E-state index is 0.0804. The van der Waals surface area contributed by atoms with E-state index in [1.165, 1.54) is 38.1 Å². The number of amides is 1. The Morgan fingerprint density at radius 1 is 1.10 bits per heavy atom. The summed E-state index contributed by atoms with van der Waals surface area (Å²) < 4.78 is 0. The van der Waals surface area contributed by atoms with Crippen LogP contribution in [0.5, 0.6) is 0 Å². The number of anilines is 1. The van der Waals surface area contributed by atoms with Gasteiger partial charge in [0.2, 0.25) is 5.91 Å². The lowest BCUT2D eigenvalue weighted by molar-refractivity contribution is -0.127. The van der Waals surface area contributed by atoms with Gasteiger partial charge in [0.05, 0.1) is 15.7 Å². The molecule has 4 fully saturated rings. The number of rotatable bonds is 3. The van der Waals surface area contributed by atoms with Crippen LogP contribution in [0.3, 0.4) is 0 Å². The molecule has 0 saturated heterocycles. The summed E-state index contributed by atoms with van der Waals surface area (Å²) in [7, 11) is 0. The maximum Gasteiger partial charge on any atom is 0.241 e. The molecule has 4 aliphatic carbocycles. The molecule has 0 spiro atoms. The number of hydrogen-bond acceptors (Lipinski definition) is 3. The first-order chi connectivity index (χ1) is 10.1. The number of nitrogens with zero attached hydrogens (tertiary/aromatic N) is 1. The first-order valence-electron chi connectivity index (χ1n) is 7.48. The largest absolute Gasteiger partial charge is 0.295 e. The molecule has 5 atom stereocenters. The van der Waals surface area contributed by atoms with Crippen molar-refractivity contribution in [2.24, 2.45) is 29.6 Å². The molecule has 1 aromatic heterocycles. The van der Waals surface area contributed by atoms with Crippen LogP contribution in [-0.4, -0.2) is 10.9 Å². The summed E-state index contributed by atoms with van der Waals surface area (Å²) in [5.41, 5.74) is 6.19. The summed E-state index contributed by atoms with van der Waals surface area (Å²) in [5, 5.41) is 0.799. The topological polar surface area (TPSA) is 54.0 Å². The van der Waals surface area contributed by atoms with Gasteiger partial charge in [0.15, 0.2) is 0 Å². The Morgan fingerprint density at radius 2 is 1.81 bits per heavy atom. The van der Waals surface area contributed by atoms with Crippen LogP contribution in [0, 0.1) is 29.6 Å². The molecular formula is C15H17Cl2N3O. The van der Waals surface area contributed by atoms with Crippen LogP contribution < -0.4 is 10.9 Å². The van der Waals surface area contributed by atoms with Gasteiger partial charge in [0, 0.05) is 18.3 Å². The minimum absolute atomic E-state index is 0.0804. The molecule has 4 saturated carbocycles. The summed E-state index contributed by atoms with van der Waals surface area (Å²) in [6.07, 6.45) is 8.02. The lowest BCUT2D eigenvalue weighted by Gasteiger charge is -2.31. The van der Waals surface area contributed by atoms with E-state index in [-0.39, 0.29) is 11.8 Å². The fourth-order valence-electron chi connectivity index (χ4n) is 4.88. The number of pyridine rings is 1. The van der Waals surface area contributed by atoms with Crippen LogP contribution in [0.25, 0.3) is 0 Å². The third-order valence-electron chi connectivity index (χ3n) is 5.52. The van der Waals surface area contributed by atoms with E-state index in [9.17, 15) is 4.79 Å². The molecule has 4 bridgehead atoms. The SMILES string of the molecule is O=C(NNc1c(Cl)cncc1Cl)C1C2CC3CC(C2)C1C3. The lowest BCUT2D eigenvalue weighted by atomic mass is 9.75. The fraction of sp³-hybridized carbons (Fsp3) is 0.600. The smallest absolute Gasteiger partial charge is 0.241 e. The Balaban J connectivity index is 1.45. The normalized spacial score (nSPS) is 36.0. The Labute approximate surface area is 133 Å². The van der Waals surface area contributed by atoms with Gasteiger partial charge in [-0.25, -0.2) is 0 Å². The number of hydrogen-bond donors (Lipinski definition) is 2. The van der Waals surface area contributed by atoms with Crippen LogP contribution in [0.15, 0.2) is 12.4 Å². The summed E-state index contributed by atoms with van der Waals surface area (Å²) >= 11 is 12.1. The number of nitrogens with one attached hydrogen (secondary N) is 2. The van der Waals surface area contributed by atoms with Gasteiger partial charge in [-0.2, -0.15) is 0 Å². The minimum Gasteiger partial charge on any atom is -0.295 e. The highest BCUT2D eigenvalue weighted by Gasteiger charge is 2.56. The molecule has 0 radical (unpaired) electrons. The van der Waals surface area contributed by atoms with Gasteiger partial charge in [-0.15, -0.1) is 0 Å². The average Bonchev–Trinajstić information content (AvgIpc) is 2.86. The zero-order valence-electron chi connectivity index (χ0n) is 11.5.